The lowest BCUT2D eigenvalue weighted by atomic mass is 9.87. The second-order valence-electron chi connectivity index (χ2n) is 10.4. The van der Waals surface area contributed by atoms with Crippen LogP contribution in [0.15, 0.2) is 0 Å². The molecule has 1 aliphatic rings. The van der Waals surface area contributed by atoms with Crippen molar-refractivity contribution in [1.82, 2.24) is 10.2 Å². The fourth-order valence-corrected chi connectivity index (χ4v) is 3.52. The monoisotopic (exact) mass is 410 g/mol. The van der Waals surface area contributed by atoms with Gasteiger partial charge in [-0.2, -0.15) is 0 Å². The standard InChI is InChI=1S/C24H46N2O3/c1-7-9-14-21(27)25-16-23(3,4)18-29-19-24(5,6)17-26(20-12-11-13-20)22(28)15-10-8-2/h20H,7-19H2,1-6H3,(H,25,27). The summed E-state index contributed by atoms with van der Waals surface area (Å²) in [6.45, 7) is 15.4. The average molecular weight is 411 g/mol. The first kappa shape index (κ1) is 25.9. The van der Waals surface area contributed by atoms with E-state index in [1.54, 1.807) is 0 Å². The molecule has 29 heavy (non-hydrogen) atoms. The van der Waals surface area contributed by atoms with E-state index < -0.39 is 0 Å². The molecule has 0 bridgehead atoms. The summed E-state index contributed by atoms with van der Waals surface area (Å²) in [6, 6.07) is 0.424. The molecule has 0 saturated heterocycles. The largest absolute Gasteiger partial charge is 0.380 e. The fourth-order valence-electron chi connectivity index (χ4n) is 3.52. The van der Waals surface area contributed by atoms with Gasteiger partial charge in [0.1, 0.15) is 0 Å². The Bertz CT molecular complexity index is 498. The van der Waals surface area contributed by atoms with Crippen molar-refractivity contribution >= 4 is 11.8 Å². The van der Waals surface area contributed by atoms with E-state index in [0.717, 1.165) is 45.1 Å². The van der Waals surface area contributed by atoms with Crippen molar-refractivity contribution in [1.29, 1.82) is 0 Å². The first-order valence-corrected chi connectivity index (χ1v) is 11.7. The van der Waals surface area contributed by atoms with Crippen molar-refractivity contribution in [2.75, 3.05) is 26.3 Å². The molecule has 5 heteroatoms. The Hall–Kier alpha value is -1.10. The van der Waals surface area contributed by atoms with Gasteiger partial charge in [-0.1, -0.05) is 54.4 Å². The summed E-state index contributed by atoms with van der Waals surface area (Å²) in [5.41, 5.74) is -0.194. The highest BCUT2D eigenvalue weighted by Gasteiger charge is 2.33. The number of carbonyl (C=O) groups excluding carboxylic acids is 2. The molecular formula is C24H46N2O3. The van der Waals surface area contributed by atoms with Crippen molar-refractivity contribution in [2.45, 2.75) is 105 Å². The predicted molar refractivity (Wildman–Crippen MR) is 120 cm³/mol. The van der Waals surface area contributed by atoms with Gasteiger partial charge < -0.3 is 15.0 Å². The molecule has 0 spiro atoms. The molecule has 0 aromatic carbocycles. The van der Waals surface area contributed by atoms with Gasteiger partial charge in [0.2, 0.25) is 11.8 Å². The van der Waals surface area contributed by atoms with Crippen molar-refractivity contribution < 1.29 is 14.3 Å². The van der Waals surface area contributed by atoms with Crippen LogP contribution in [0.3, 0.4) is 0 Å². The van der Waals surface area contributed by atoms with Gasteiger partial charge >= 0.3 is 0 Å². The van der Waals surface area contributed by atoms with E-state index in [-0.39, 0.29) is 16.7 Å². The van der Waals surface area contributed by atoms with Gasteiger partial charge in [0.15, 0.2) is 0 Å². The Morgan fingerprint density at radius 3 is 2.10 bits per heavy atom. The molecule has 1 rings (SSSR count). The Balaban J connectivity index is 2.45. The number of hydrogen-bond donors (Lipinski definition) is 1. The third-order valence-electron chi connectivity index (χ3n) is 5.69. The number of rotatable bonds is 15. The van der Waals surface area contributed by atoms with E-state index in [1.165, 1.54) is 6.42 Å². The van der Waals surface area contributed by atoms with Gasteiger partial charge in [-0.15, -0.1) is 0 Å². The quantitative estimate of drug-likeness (QED) is 0.416. The number of nitrogens with one attached hydrogen (secondary N) is 1. The Kier molecular flexibility index (Phi) is 11.2. The molecule has 5 nitrogen and oxygen atoms in total. The number of hydrogen-bond acceptors (Lipinski definition) is 3. The van der Waals surface area contributed by atoms with Gasteiger partial charge in [0, 0.05) is 42.8 Å². The maximum atomic E-state index is 12.7. The Morgan fingerprint density at radius 2 is 1.55 bits per heavy atom. The number of carbonyl (C=O) groups is 2. The van der Waals surface area contributed by atoms with Crippen molar-refractivity contribution in [3.63, 3.8) is 0 Å². The number of ether oxygens (including phenoxy) is 1. The van der Waals surface area contributed by atoms with Crippen LogP contribution in [-0.4, -0.2) is 49.1 Å². The van der Waals surface area contributed by atoms with Crippen LogP contribution in [0.1, 0.15) is 99.3 Å². The summed E-state index contributed by atoms with van der Waals surface area (Å²) in [7, 11) is 0. The molecule has 1 fully saturated rings. The van der Waals surface area contributed by atoms with E-state index in [4.69, 9.17) is 4.74 Å². The van der Waals surface area contributed by atoms with E-state index in [0.29, 0.717) is 44.5 Å². The minimum atomic E-state index is -0.109. The minimum Gasteiger partial charge on any atom is -0.380 e. The van der Waals surface area contributed by atoms with Gasteiger partial charge in [0.25, 0.3) is 0 Å². The smallest absolute Gasteiger partial charge is 0.222 e. The van der Waals surface area contributed by atoms with Crippen molar-refractivity contribution in [3.05, 3.63) is 0 Å². The van der Waals surface area contributed by atoms with E-state index in [9.17, 15) is 9.59 Å². The van der Waals surface area contributed by atoms with Crippen LogP contribution in [0.5, 0.6) is 0 Å². The molecule has 170 valence electrons. The van der Waals surface area contributed by atoms with Crippen LogP contribution in [0.4, 0.5) is 0 Å². The maximum absolute atomic E-state index is 12.7. The lowest BCUT2D eigenvalue weighted by Gasteiger charge is -2.42. The normalized spacial score (nSPS) is 15.1. The highest BCUT2D eigenvalue weighted by molar-refractivity contribution is 5.76. The van der Waals surface area contributed by atoms with Gasteiger partial charge in [-0.25, -0.2) is 0 Å². The summed E-state index contributed by atoms with van der Waals surface area (Å²) >= 11 is 0. The first-order chi connectivity index (χ1) is 13.6. The fraction of sp³-hybridized carbons (Fsp3) is 0.917. The van der Waals surface area contributed by atoms with Crippen LogP contribution in [-0.2, 0) is 14.3 Å². The first-order valence-electron chi connectivity index (χ1n) is 11.7. The average Bonchev–Trinajstić information content (AvgIpc) is 2.60. The Morgan fingerprint density at radius 1 is 0.966 bits per heavy atom. The van der Waals surface area contributed by atoms with Crippen LogP contribution >= 0.6 is 0 Å². The zero-order chi connectivity index (χ0) is 21.9. The SMILES string of the molecule is CCCCC(=O)NCC(C)(C)COCC(C)(C)CN(C(=O)CCCC)C1CCC1. The molecule has 0 unspecified atom stereocenters. The summed E-state index contributed by atoms with van der Waals surface area (Å²) in [4.78, 5) is 26.7. The third kappa shape index (κ3) is 10.5. The zero-order valence-electron chi connectivity index (χ0n) is 19.9. The molecule has 2 amide bonds. The van der Waals surface area contributed by atoms with E-state index >= 15 is 0 Å². The van der Waals surface area contributed by atoms with Gasteiger partial charge in [-0.05, 0) is 32.1 Å². The molecule has 0 radical (unpaired) electrons. The van der Waals surface area contributed by atoms with Gasteiger partial charge in [0.05, 0.1) is 13.2 Å². The van der Waals surface area contributed by atoms with Crippen LogP contribution in [0.25, 0.3) is 0 Å². The summed E-state index contributed by atoms with van der Waals surface area (Å²) in [5.74, 6) is 0.432. The number of unbranched alkanes of at least 4 members (excludes halogenated alkanes) is 2. The summed E-state index contributed by atoms with van der Waals surface area (Å²) < 4.78 is 6.08. The third-order valence-corrected chi connectivity index (χ3v) is 5.69. The second-order valence-corrected chi connectivity index (χ2v) is 10.4. The van der Waals surface area contributed by atoms with Gasteiger partial charge in [-0.3, -0.25) is 9.59 Å². The van der Waals surface area contributed by atoms with Crippen molar-refractivity contribution in [3.8, 4) is 0 Å². The van der Waals surface area contributed by atoms with Crippen LogP contribution in [0, 0.1) is 10.8 Å². The van der Waals surface area contributed by atoms with E-state index in [1.807, 2.05) is 0 Å². The molecule has 0 aromatic heterocycles. The van der Waals surface area contributed by atoms with Crippen LogP contribution < -0.4 is 5.32 Å². The highest BCUT2D eigenvalue weighted by atomic mass is 16.5. The minimum absolute atomic E-state index is 0.0854. The lowest BCUT2D eigenvalue weighted by Crippen LogP contribution is -2.49. The lowest BCUT2D eigenvalue weighted by molar-refractivity contribution is -0.138. The molecule has 0 atom stereocenters. The maximum Gasteiger partial charge on any atom is 0.222 e. The Labute approximate surface area is 179 Å². The zero-order valence-corrected chi connectivity index (χ0v) is 19.9. The highest BCUT2D eigenvalue weighted by Crippen LogP contribution is 2.30. The molecule has 0 aromatic rings. The molecular weight excluding hydrogens is 364 g/mol. The summed E-state index contributed by atoms with van der Waals surface area (Å²) in [5, 5.41) is 3.03. The van der Waals surface area contributed by atoms with Crippen LogP contribution in [0.2, 0.25) is 0 Å². The predicted octanol–water partition coefficient (Wildman–Crippen LogP) is 4.93. The second kappa shape index (κ2) is 12.6. The van der Waals surface area contributed by atoms with E-state index in [2.05, 4.69) is 51.8 Å². The topological polar surface area (TPSA) is 58.6 Å². The molecule has 0 heterocycles. The molecule has 1 aliphatic carbocycles. The molecule has 1 N–H and O–H groups in total. The summed E-state index contributed by atoms with van der Waals surface area (Å²) in [6.07, 6.45) is 8.77. The molecule has 1 saturated carbocycles. The van der Waals surface area contributed by atoms with Crippen molar-refractivity contribution in [2.24, 2.45) is 10.8 Å². The number of amides is 2. The number of nitrogens with zero attached hydrogens (tertiary/aromatic N) is 1. The molecule has 0 aliphatic heterocycles.